The van der Waals surface area contributed by atoms with Crippen LogP contribution in [0.1, 0.15) is 47.9 Å². The van der Waals surface area contributed by atoms with E-state index in [4.69, 9.17) is 0 Å². The van der Waals surface area contributed by atoms with E-state index in [-0.39, 0.29) is 12.2 Å². The highest BCUT2D eigenvalue weighted by atomic mass is 16.4. The monoisotopic (exact) mass is 274 g/mol. The van der Waals surface area contributed by atoms with Gasteiger partial charge in [0.15, 0.2) is 5.78 Å². The maximum atomic E-state index is 12.6. The van der Waals surface area contributed by atoms with Crippen molar-refractivity contribution in [1.29, 1.82) is 0 Å². The third-order valence-electron chi connectivity index (χ3n) is 4.58. The van der Waals surface area contributed by atoms with Gasteiger partial charge in [-0.15, -0.1) is 0 Å². The first kappa shape index (κ1) is 14.8. The first-order valence-corrected chi connectivity index (χ1v) is 7.20. The average Bonchev–Trinajstić information content (AvgIpc) is 2.83. The molecule has 0 bridgehead atoms. The third-order valence-corrected chi connectivity index (χ3v) is 4.58. The Morgan fingerprint density at radius 3 is 2.05 bits per heavy atom. The first-order valence-electron chi connectivity index (χ1n) is 7.20. The number of ketones is 1. The van der Waals surface area contributed by atoms with Crippen LogP contribution in [0, 0.1) is 26.2 Å². The second kappa shape index (κ2) is 5.39. The molecule has 3 heteroatoms. The van der Waals surface area contributed by atoms with Gasteiger partial charge >= 0.3 is 5.97 Å². The molecule has 2 rings (SSSR count). The molecule has 20 heavy (non-hydrogen) atoms. The van der Waals surface area contributed by atoms with Crippen molar-refractivity contribution in [3.05, 3.63) is 34.4 Å². The van der Waals surface area contributed by atoms with Crippen LogP contribution in [-0.4, -0.2) is 16.9 Å². The molecule has 0 spiro atoms. The largest absolute Gasteiger partial charge is 0.480 e. The number of Topliss-reactive ketones (excluding diaryl/α,β-unsaturated/α-hetero) is 1. The lowest BCUT2D eigenvalue weighted by Gasteiger charge is -2.23. The maximum absolute atomic E-state index is 12.6. The molecule has 108 valence electrons. The Labute approximate surface area is 120 Å². The van der Waals surface area contributed by atoms with E-state index >= 15 is 0 Å². The summed E-state index contributed by atoms with van der Waals surface area (Å²) in [6, 6.07) is 4.11. The molecule has 0 radical (unpaired) electrons. The van der Waals surface area contributed by atoms with Gasteiger partial charge in [0, 0.05) is 6.42 Å². The molecule has 1 aromatic rings. The minimum absolute atomic E-state index is 0.127. The van der Waals surface area contributed by atoms with Gasteiger partial charge in [0.25, 0.3) is 0 Å². The number of aliphatic carboxylic acids is 1. The van der Waals surface area contributed by atoms with Crippen LogP contribution in [0.2, 0.25) is 0 Å². The summed E-state index contributed by atoms with van der Waals surface area (Å²) in [5, 5.41) is 9.47. The van der Waals surface area contributed by atoms with Crippen LogP contribution in [0.4, 0.5) is 0 Å². The van der Waals surface area contributed by atoms with Gasteiger partial charge in [-0.2, -0.15) is 0 Å². The van der Waals surface area contributed by atoms with Crippen LogP contribution < -0.4 is 0 Å². The van der Waals surface area contributed by atoms with Crippen molar-refractivity contribution in [3.8, 4) is 0 Å². The van der Waals surface area contributed by atoms with Crippen molar-refractivity contribution in [3.63, 3.8) is 0 Å². The zero-order chi connectivity index (χ0) is 14.9. The van der Waals surface area contributed by atoms with Gasteiger partial charge in [-0.25, -0.2) is 0 Å². The van der Waals surface area contributed by atoms with Gasteiger partial charge in [0.2, 0.25) is 0 Å². The number of carbonyl (C=O) groups is 2. The van der Waals surface area contributed by atoms with Crippen molar-refractivity contribution in [2.24, 2.45) is 5.41 Å². The lowest BCUT2D eigenvalue weighted by atomic mass is 9.78. The lowest BCUT2D eigenvalue weighted by Crippen LogP contribution is -2.38. The van der Waals surface area contributed by atoms with E-state index in [1.807, 2.05) is 20.8 Å². The Hall–Kier alpha value is -1.64. The Morgan fingerprint density at radius 2 is 1.60 bits per heavy atom. The molecule has 0 aliphatic heterocycles. The Balaban J connectivity index is 2.30. The highest BCUT2D eigenvalue weighted by Gasteiger charge is 2.47. The standard InChI is InChI=1S/C17H22O3/c1-11-8-12(2)14(13(3)9-11)10-15(18)17(16(19)20)6-4-5-7-17/h8-9H,4-7,10H2,1-3H3,(H,19,20). The Morgan fingerprint density at radius 1 is 1.10 bits per heavy atom. The Bertz CT molecular complexity index is 528. The molecular formula is C17H22O3. The van der Waals surface area contributed by atoms with E-state index in [0.717, 1.165) is 29.5 Å². The molecule has 3 nitrogen and oxygen atoms in total. The summed E-state index contributed by atoms with van der Waals surface area (Å²) in [6.45, 7) is 6.01. The average molecular weight is 274 g/mol. The molecule has 0 aromatic heterocycles. The predicted octanol–water partition coefficient (Wildman–Crippen LogP) is 3.37. The number of aryl methyl sites for hydroxylation is 3. The fourth-order valence-electron chi connectivity index (χ4n) is 3.41. The molecule has 1 aliphatic carbocycles. The van der Waals surface area contributed by atoms with E-state index in [1.54, 1.807) is 0 Å². The molecule has 1 fully saturated rings. The number of carboxylic acids is 1. The summed E-state index contributed by atoms with van der Waals surface area (Å²) in [5.74, 6) is -1.07. The molecule has 1 N–H and O–H groups in total. The number of benzene rings is 1. The van der Waals surface area contributed by atoms with Crippen molar-refractivity contribution < 1.29 is 14.7 Å². The fourth-order valence-corrected chi connectivity index (χ4v) is 3.41. The fraction of sp³-hybridized carbons (Fsp3) is 0.529. The number of carbonyl (C=O) groups excluding carboxylic acids is 1. The summed E-state index contributed by atoms with van der Waals surface area (Å²) in [6.07, 6.45) is 2.90. The zero-order valence-electron chi connectivity index (χ0n) is 12.5. The molecule has 1 aromatic carbocycles. The van der Waals surface area contributed by atoms with E-state index in [1.165, 1.54) is 5.56 Å². The van der Waals surface area contributed by atoms with Crippen molar-refractivity contribution in [2.45, 2.75) is 52.9 Å². The van der Waals surface area contributed by atoms with E-state index in [9.17, 15) is 14.7 Å². The summed E-state index contributed by atoms with van der Waals surface area (Å²) in [5.41, 5.74) is 3.19. The highest BCUT2D eigenvalue weighted by Crippen LogP contribution is 2.40. The van der Waals surface area contributed by atoms with Gasteiger partial charge in [0.05, 0.1) is 0 Å². The topological polar surface area (TPSA) is 54.4 Å². The molecule has 0 unspecified atom stereocenters. The summed E-state index contributed by atoms with van der Waals surface area (Å²) < 4.78 is 0. The normalized spacial score (nSPS) is 17.1. The first-order chi connectivity index (χ1) is 9.36. The quantitative estimate of drug-likeness (QED) is 0.856. The summed E-state index contributed by atoms with van der Waals surface area (Å²) in [7, 11) is 0. The number of carboxylic acid groups (broad SMARTS) is 1. The lowest BCUT2D eigenvalue weighted by molar-refractivity contribution is -0.154. The van der Waals surface area contributed by atoms with Crippen LogP contribution in [0.5, 0.6) is 0 Å². The molecule has 0 saturated heterocycles. The van der Waals surface area contributed by atoms with Gasteiger partial charge in [-0.05, 0) is 50.3 Å². The molecule has 1 saturated carbocycles. The van der Waals surface area contributed by atoms with E-state index in [0.29, 0.717) is 12.8 Å². The van der Waals surface area contributed by atoms with E-state index in [2.05, 4.69) is 12.1 Å². The van der Waals surface area contributed by atoms with Crippen LogP contribution in [0.25, 0.3) is 0 Å². The second-order valence-corrected chi connectivity index (χ2v) is 6.07. The maximum Gasteiger partial charge on any atom is 0.317 e. The van der Waals surface area contributed by atoms with Crippen LogP contribution in [0.15, 0.2) is 12.1 Å². The summed E-state index contributed by atoms with van der Waals surface area (Å²) in [4.78, 5) is 24.1. The number of rotatable bonds is 4. The van der Waals surface area contributed by atoms with E-state index < -0.39 is 11.4 Å². The smallest absolute Gasteiger partial charge is 0.317 e. The number of hydrogen-bond acceptors (Lipinski definition) is 2. The minimum Gasteiger partial charge on any atom is -0.480 e. The molecule has 0 amide bonds. The SMILES string of the molecule is Cc1cc(C)c(CC(=O)C2(C(=O)O)CCCC2)c(C)c1. The Kier molecular flexibility index (Phi) is 3.98. The van der Waals surface area contributed by atoms with Gasteiger partial charge < -0.3 is 5.11 Å². The van der Waals surface area contributed by atoms with Crippen LogP contribution in [0.3, 0.4) is 0 Å². The van der Waals surface area contributed by atoms with Crippen LogP contribution in [-0.2, 0) is 16.0 Å². The van der Waals surface area contributed by atoms with Gasteiger partial charge in [-0.1, -0.05) is 30.5 Å². The van der Waals surface area contributed by atoms with Crippen molar-refractivity contribution >= 4 is 11.8 Å². The van der Waals surface area contributed by atoms with Gasteiger partial charge in [-0.3, -0.25) is 9.59 Å². The summed E-state index contributed by atoms with van der Waals surface area (Å²) >= 11 is 0. The minimum atomic E-state index is -1.14. The van der Waals surface area contributed by atoms with Crippen molar-refractivity contribution in [1.82, 2.24) is 0 Å². The third kappa shape index (κ3) is 2.49. The zero-order valence-corrected chi connectivity index (χ0v) is 12.5. The highest BCUT2D eigenvalue weighted by molar-refractivity contribution is 6.04. The van der Waals surface area contributed by atoms with Gasteiger partial charge in [0.1, 0.15) is 5.41 Å². The predicted molar refractivity (Wildman–Crippen MR) is 77.9 cm³/mol. The molecule has 1 aliphatic rings. The molecule has 0 heterocycles. The van der Waals surface area contributed by atoms with Crippen molar-refractivity contribution in [2.75, 3.05) is 0 Å². The molecule has 0 atom stereocenters. The van der Waals surface area contributed by atoms with Crippen LogP contribution >= 0.6 is 0 Å². The number of hydrogen-bond donors (Lipinski definition) is 1. The second-order valence-electron chi connectivity index (χ2n) is 6.07. The molecular weight excluding hydrogens is 252 g/mol.